The molecule has 212 valence electrons. The fourth-order valence-electron chi connectivity index (χ4n) is 5.31. The summed E-state index contributed by atoms with van der Waals surface area (Å²) >= 11 is 0. The number of aryl methyl sites for hydroxylation is 2. The molecule has 1 amide bonds. The topological polar surface area (TPSA) is 133 Å². The zero-order chi connectivity index (χ0) is 28.8. The Hall–Kier alpha value is -4.20. The molecule has 1 atom stereocenters. The molecule has 1 saturated heterocycles. The number of piperidine rings is 1. The molecule has 0 aliphatic carbocycles. The van der Waals surface area contributed by atoms with Crippen LogP contribution in [0.25, 0.3) is 21.9 Å². The van der Waals surface area contributed by atoms with Crippen LogP contribution in [-0.2, 0) is 20.1 Å². The maximum atomic E-state index is 13.9. The van der Waals surface area contributed by atoms with E-state index in [0.717, 1.165) is 20.9 Å². The first-order chi connectivity index (χ1) is 19.0. The highest BCUT2D eigenvalue weighted by Gasteiger charge is 2.34. The number of hydrogen-bond donors (Lipinski definition) is 2. The van der Waals surface area contributed by atoms with E-state index in [0.29, 0.717) is 25.0 Å². The molecule has 5 rings (SSSR count). The minimum absolute atomic E-state index is 0.0247. The molecule has 4 aromatic rings. The van der Waals surface area contributed by atoms with Crippen molar-refractivity contribution in [1.29, 1.82) is 0 Å². The molecule has 40 heavy (non-hydrogen) atoms. The van der Waals surface area contributed by atoms with Crippen LogP contribution in [-0.4, -0.2) is 61.4 Å². The smallest absolute Gasteiger partial charge is 0.356 e. The minimum Gasteiger partial charge on any atom is -0.356 e. The van der Waals surface area contributed by atoms with Crippen molar-refractivity contribution in [1.82, 2.24) is 29.0 Å². The predicted molar refractivity (Wildman–Crippen MR) is 144 cm³/mol. The SMILES string of the molecule is CCn1c(N2CCC[C@@H](N)C2)c(C(=O)NCC(F)(F)F)c2c1c(=O)n(Cc1ncc3ccccc3n1)c(=O)n2C. The number of anilines is 1. The van der Waals surface area contributed by atoms with E-state index in [1.54, 1.807) is 28.7 Å². The molecule has 1 aromatic carbocycles. The van der Waals surface area contributed by atoms with Crippen LogP contribution in [0.4, 0.5) is 19.0 Å². The molecular weight excluding hydrogens is 529 g/mol. The van der Waals surface area contributed by atoms with Gasteiger partial charge in [-0.3, -0.25) is 18.7 Å². The predicted octanol–water partition coefficient (Wildman–Crippen LogP) is 1.73. The van der Waals surface area contributed by atoms with E-state index in [1.807, 2.05) is 23.5 Å². The Bertz CT molecular complexity index is 1720. The third-order valence-corrected chi connectivity index (χ3v) is 7.10. The quantitative estimate of drug-likeness (QED) is 0.368. The number of alkyl halides is 3. The van der Waals surface area contributed by atoms with Gasteiger partial charge in [-0.05, 0) is 25.8 Å². The lowest BCUT2D eigenvalue weighted by Crippen LogP contribution is -2.44. The summed E-state index contributed by atoms with van der Waals surface area (Å²) in [5.74, 6) is -0.537. The molecule has 0 unspecified atom stereocenters. The largest absolute Gasteiger partial charge is 0.405 e. The van der Waals surface area contributed by atoms with E-state index < -0.39 is 29.9 Å². The van der Waals surface area contributed by atoms with Gasteiger partial charge < -0.3 is 20.5 Å². The first kappa shape index (κ1) is 27.4. The molecule has 14 heteroatoms. The molecule has 0 bridgehead atoms. The van der Waals surface area contributed by atoms with Crippen molar-refractivity contribution in [3.8, 4) is 0 Å². The Morgan fingerprint density at radius 3 is 2.62 bits per heavy atom. The maximum absolute atomic E-state index is 13.9. The molecule has 4 heterocycles. The summed E-state index contributed by atoms with van der Waals surface area (Å²) < 4.78 is 42.7. The molecule has 0 radical (unpaired) electrons. The van der Waals surface area contributed by atoms with Gasteiger partial charge in [-0.2, -0.15) is 13.2 Å². The number of carbonyl (C=O) groups is 1. The molecule has 3 N–H and O–H groups in total. The Balaban J connectivity index is 1.73. The number of nitrogens with one attached hydrogen (secondary N) is 1. The van der Waals surface area contributed by atoms with Crippen LogP contribution in [0.1, 0.15) is 35.9 Å². The monoisotopic (exact) mass is 558 g/mol. The third-order valence-electron chi connectivity index (χ3n) is 7.10. The molecular formula is C26H29F3N8O3. The highest BCUT2D eigenvalue weighted by molar-refractivity contribution is 6.11. The second-order valence-corrected chi connectivity index (χ2v) is 9.86. The van der Waals surface area contributed by atoms with Crippen LogP contribution in [0.15, 0.2) is 40.1 Å². The van der Waals surface area contributed by atoms with Gasteiger partial charge >= 0.3 is 11.9 Å². The van der Waals surface area contributed by atoms with Crippen molar-refractivity contribution in [3.05, 3.63) is 62.7 Å². The number of nitrogens with zero attached hydrogens (tertiary/aromatic N) is 6. The summed E-state index contributed by atoms with van der Waals surface area (Å²) in [6.07, 6.45) is -1.61. The Morgan fingerprint density at radius 2 is 1.93 bits per heavy atom. The van der Waals surface area contributed by atoms with E-state index in [2.05, 4.69) is 9.97 Å². The maximum Gasteiger partial charge on any atom is 0.405 e. The lowest BCUT2D eigenvalue weighted by molar-refractivity contribution is -0.123. The van der Waals surface area contributed by atoms with Crippen LogP contribution in [0.3, 0.4) is 0 Å². The Morgan fingerprint density at radius 1 is 1.18 bits per heavy atom. The second-order valence-electron chi connectivity index (χ2n) is 9.86. The fourth-order valence-corrected chi connectivity index (χ4v) is 5.31. The number of carbonyl (C=O) groups excluding carboxylic acids is 1. The van der Waals surface area contributed by atoms with E-state index in [1.165, 1.54) is 7.05 Å². The number of fused-ring (bicyclic) bond motifs is 2. The summed E-state index contributed by atoms with van der Waals surface area (Å²) in [5, 5.41) is 2.71. The lowest BCUT2D eigenvalue weighted by atomic mass is 10.1. The first-order valence-electron chi connectivity index (χ1n) is 12.9. The zero-order valence-electron chi connectivity index (χ0n) is 22.0. The van der Waals surface area contributed by atoms with Crippen LogP contribution in [0, 0.1) is 0 Å². The highest BCUT2D eigenvalue weighted by Crippen LogP contribution is 2.33. The normalized spacial score (nSPS) is 16.1. The van der Waals surface area contributed by atoms with Gasteiger partial charge in [0.1, 0.15) is 29.3 Å². The van der Waals surface area contributed by atoms with Crippen LogP contribution in [0.2, 0.25) is 0 Å². The number of halogens is 3. The number of hydrogen-bond acceptors (Lipinski definition) is 7. The van der Waals surface area contributed by atoms with Gasteiger partial charge in [0.05, 0.1) is 17.6 Å². The van der Waals surface area contributed by atoms with Crippen LogP contribution in [0.5, 0.6) is 0 Å². The summed E-state index contributed by atoms with van der Waals surface area (Å²) in [6, 6.07) is 7.05. The highest BCUT2D eigenvalue weighted by atomic mass is 19.4. The average Bonchev–Trinajstić information content (AvgIpc) is 3.28. The van der Waals surface area contributed by atoms with Crippen molar-refractivity contribution in [2.75, 3.05) is 24.5 Å². The average molecular weight is 559 g/mol. The number of rotatable bonds is 6. The Labute approximate surface area is 226 Å². The van der Waals surface area contributed by atoms with Crippen molar-refractivity contribution < 1.29 is 18.0 Å². The van der Waals surface area contributed by atoms with Crippen molar-refractivity contribution in [3.63, 3.8) is 0 Å². The molecule has 1 aliphatic heterocycles. The first-order valence-corrected chi connectivity index (χ1v) is 12.9. The van der Waals surface area contributed by atoms with Crippen molar-refractivity contribution >= 4 is 33.7 Å². The van der Waals surface area contributed by atoms with Gasteiger partial charge in [0.25, 0.3) is 11.5 Å². The molecule has 1 fully saturated rings. The van der Waals surface area contributed by atoms with Gasteiger partial charge in [0, 0.05) is 44.3 Å². The zero-order valence-corrected chi connectivity index (χ0v) is 22.0. The van der Waals surface area contributed by atoms with Gasteiger partial charge in [-0.25, -0.2) is 14.8 Å². The molecule has 0 spiro atoms. The number of benzene rings is 1. The third kappa shape index (κ3) is 4.94. The number of para-hydroxylation sites is 1. The van der Waals surface area contributed by atoms with Crippen molar-refractivity contribution in [2.45, 2.75) is 45.1 Å². The van der Waals surface area contributed by atoms with E-state index in [4.69, 9.17) is 5.73 Å². The fraction of sp³-hybridized carbons (Fsp3) is 0.423. The molecule has 1 aliphatic rings. The van der Waals surface area contributed by atoms with E-state index in [-0.39, 0.29) is 47.4 Å². The van der Waals surface area contributed by atoms with Gasteiger partial charge in [0.2, 0.25) is 0 Å². The molecule has 0 saturated carbocycles. The lowest BCUT2D eigenvalue weighted by Gasteiger charge is -2.33. The Kier molecular flexibility index (Phi) is 7.12. The summed E-state index contributed by atoms with van der Waals surface area (Å²) in [4.78, 5) is 51.3. The molecule has 3 aromatic heterocycles. The molecule has 11 nitrogen and oxygen atoms in total. The summed E-state index contributed by atoms with van der Waals surface area (Å²) in [6.45, 7) is 0.990. The van der Waals surface area contributed by atoms with Crippen LogP contribution < -0.4 is 27.2 Å². The standard InChI is InChI=1S/C26H29F3N8O3/c1-3-36-21-20(19(22(38)32-14-26(27,28)29)23(36)35-10-6-8-16(30)12-35)34(2)25(40)37(24(21)39)13-18-31-11-15-7-4-5-9-17(15)33-18/h4-5,7,9,11,16H,3,6,8,10,12-14,30H2,1-2H3,(H,32,38)/t16-/m1/s1. The van der Waals surface area contributed by atoms with Crippen LogP contribution >= 0.6 is 0 Å². The number of aromatic nitrogens is 5. The number of amides is 1. The number of nitrogens with two attached hydrogens (primary N) is 1. The minimum atomic E-state index is -4.65. The van der Waals surface area contributed by atoms with Gasteiger partial charge in [-0.15, -0.1) is 0 Å². The summed E-state index contributed by atoms with van der Waals surface area (Å²) in [5.41, 5.74) is 5.19. The van der Waals surface area contributed by atoms with E-state index in [9.17, 15) is 27.6 Å². The van der Waals surface area contributed by atoms with Gasteiger partial charge in [0.15, 0.2) is 0 Å². The van der Waals surface area contributed by atoms with Crippen molar-refractivity contribution in [2.24, 2.45) is 12.8 Å². The summed E-state index contributed by atoms with van der Waals surface area (Å²) in [7, 11) is 1.38. The van der Waals surface area contributed by atoms with Gasteiger partial charge in [-0.1, -0.05) is 18.2 Å². The van der Waals surface area contributed by atoms with E-state index >= 15 is 0 Å². The second kappa shape index (κ2) is 10.4.